The Morgan fingerprint density at radius 3 is 2.38 bits per heavy atom. The largest absolute Gasteiger partial charge is 0.496 e. The van der Waals surface area contributed by atoms with Gasteiger partial charge in [0.15, 0.2) is 11.5 Å². The Morgan fingerprint density at radius 2 is 1.66 bits per heavy atom. The van der Waals surface area contributed by atoms with E-state index in [2.05, 4.69) is 10.3 Å². The minimum absolute atomic E-state index is 0.217. The molecule has 32 heavy (non-hydrogen) atoms. The summed E-state index contributed by atoms with van der Waals surface area (Å²) in [4.78, 5) is 22.1. The van der Waals surface area contributed by atoms with Crippen molar-refractivity contribution in [1.82, 2.24) is 15.3 Å². The number of amides is 1. The van der Waals surface area contributed by atoms with Gasteiger partial charge in [-0.05, 0) is 30.3 Å². The van der Waals surface area contributed by atoms with Crippen LogP contribution in [0.25, 0.3) is 22.2 Å². The first-order chi connectivity index (χ1) is 15.6. The van der Waals surface area contributed by atoms with Crippen LogP contribution >= 0.6 is 0 Å². The number of hydrogen-bond acceptors (Lipinski definition) is 6. The summed E-state index contributed by atoms with van der Waals surface area (Å²) in [6, 6.07) is 16.7. The standard InChI is InChI=1S/C25H23N3O4/c1-30-22-13-24(32-3)23(31-2)11-17(22)15-27-25(29)19-12-21(16-7-6-10-26-14-16)28-20-9-5-4-8-18(19)20/h4-14H,15H2,1-3H3,(H,27,29). The number of carbonyl (C=O) groups excluding carboxylic acids is 1. The maximum atomic E-state index is 13.2. The van der Waals surface area contributed by atoms with Crippen LogP contribution in [0.15, 0.2) is 67.0 Å². The van der Waals surface area contributed by atoms with E-state index in [1.165, 1.54) is 0 Å². The molecule has 4 aromatic rings. The van der Waals surface area contributed by atoms with Crippen LogP contribution in [-0.4, -0.2) is 37.2 Å². The summed E-state index contributed by atoms with van der Waals surface area (Å²) >= 11 is 0. The van der Waals surface area contributed by atoms with Crippen LogP contribution in [0.4, 0.5) is 0 Å². The highest BCUT2D eigenvalue weighted by atomic mass is 16.5. The number of para-hydroxylation sites is 1. The van der Waals surface area contributed by atoms with E-state index < -0.39 is 0 Å². The summed E-state index contributed by atoms with van der Waals surface area (Å²) < 4.78 is 16.2. The highest BCUT2D eigenvalue weighted by Crippen LogP contribution is 2.34. The summed E-state index contributed by atoms with van der Waals surface area (Å²) in [6.07, 6.45) is 3.43. The van der Waals surface area contributed by atoms with Gasteiger partial charge in [-0.1, -0.05) is 18.2 Å². The zero-order chi connectivity index (χ0) is 22.5. The van der Waals surface area contributed by atoms with Crippen molar-refractivity contribution in [2.45, 2.75) is 6.54 Å². The van der Waals surface area contributed by atoms with Crippen molar-refractivity contribution < 1.29 is 19.0 Å². The fourth-order valence-electron chi connectivity index (χ4n) is 3.53. The highest BCUT2D eigenvalue weighted by molar-refractivity contribution is 6.07. The number of methoxy groups -OCH3 is 3. The van der Waals surface area contributed by atoms with Gasteiger partial charge in [0.1, 0.15) is 5.75 Å². The zero-order valence-electron chi connectivity index (χ0n) is 18.1. The second-order valence-corrected chi connectivity index (χ2v) is 7.02. The van der Waals surface area contributed by atoms with E-state index in [9.17, 15) is 4.79 Å². The third-order valence-electron chi connectivity index (χ3n) is 5.14. The molecule has 4 rings (SSSR count). The van der Waals surface area contributed by atoms with E-state index in [1.54, 1.807) is 51.9 Å². The fraction of sp³-hybridized carbons (Fsp3) is 0.160. The monoisotopic (exact) mass is 429 g/mol. The second kappa shape index (κ2) is 9.34. The van der Waals surface area contributed by atoms with E-state index in [0.717, 1.165) is 22.0 Å². The van der Waals surface area contributed by atoms with E-state index in [-0.39, 0.29) is 12.5 Å². The van der Waals surface area contributed by atoms with E-state index in [4.69, 9.17) is 19.2 Å². The van der Waals surface area contributed by atoms with Crippen molar-refractivity contribution in [3.05, 3.63) is 78.1 Å². The van der Waals surface area contributed by atoms with Gasteiger partial charge in [-0.15, -0.1) is 0 Å². The van der Waals surface area contributed by atoms with Crippen LogP contribution in [0.2, 0.25) is 0 Å². The maximum Gasteiger partial charge on any atom is 0.252 e. The minimum atomic E-state index is -0.217. The first-order valence-corrected chi connectivity index (χ1v) is 10.0. The molecule has 1 amide bonds. The quantitative estimate of drug-likeness (QED) is 0.473. The average Bonchev–Trinajstić information content (AvgIpc) is 2.86. The molecule has 0 saturated heterocycles. The van der Waals surface area contributed by atoms with Crippen LogP contribution < -0.4 is 19.5 Å². The Labute approximate surface area is 186 Å². The van der Waals surface area contributed by atoms with Gasteiger partial charge in [-0.3, -0.25) is 9.78 Å². The smallest absolute Gasteiger partial charge is 0.252 e. The number of ether oxygens (including phenoxy) is 3. The van der Waals surface area contributed by atoms with E-state index >= 15 is 0 Å². The lowest BCUT2D eigenvalue weighted by Crippen LogP contribution is -2.23. The summed E-state index contributed by atoms with van der Waals surface area (Å²) in [5.74, 6) is 1.50. The Morgan fingerprint density at radius 1 is 0.906 bits per heavy atom. The number of rotatable bonds is 7. The number of nitrogens with one attached hydrogen (secondary N) is 1. The molecule has 0 aliphatic carbocycles. The summed E-state index contributed by atoms with van der Waals surface area (Å²) in [5.41, 5.74) is 3.57. The molecule has 0 aliphatic rings. The van der Waals surface area contributed by atoms with Crippen molar-refractivity contribution in [2.75, 3.05) is 21.3 Å². The third kappa shape index (κ3) is 4.18. The van der Waals surface area contributed by atoms with E-state index in [1.807, 2.05) is 36.4 Å². The van der Waals surface area contributed by atoms with Gasteiger partial charge in [0.2, 0.25) is 0 Å². The average molecular weight is 429 g/mol. The Hall–Kier alpha value is -4.13. The van der Waals surface area contributed by atoms with Crippen molar-refractivity contribution in [3.63, 3.8) is 0 Å². The number of hydrogen-bond donors (Lipinski definition) is 1. The molecule has 0 unspecified atom stereocenters. The predicted molar refractivity (Wildman–Crippen MR) is 122 cm³/mol. The van der Waals surface area contributed by atoms with Gasteiger partial charge in [-0.25, -0.2) is 4.98 Å². The van der Waals surface area contributed by atoms with Crippen LogP contribution in [0, 0.1) is 0 Å². The van der Waals surface area contributed by atoms with Gasteiger partial charge in [0, 0.05) is 41.5 Å². The van der Waals surface area contributed by atoms with Gasteiger partial charge < -0.3 is 19.5 Å². The molecular weight excluding hydrogens is 406 g/mol. The molecule has 0 fully saturated rings. The number of carbonyl (C=O) groups is 1. The molecule has 7 heteroatoms. The number of benzene rings is 2. The number of aromatic nitrogens is 2. The van der Waals surface area contributed by atoms with E-state index in [0.29, 0.717) is 28.5 Å². The molecule has 2 heterocycles. The molecule has 1 N–H and O–H groups in total. The molecule has 0 radical (unpaired) electrons. The molecule has 7 nitrogen and oxygen atoms in total. The second-order valence-electron chi connectivity index (χ2n) is 7.02. The summed E-state index contributed by atoms with van der Waals surface area (Å²) in [6.45, 7) is 0.251. The van der Waals surface area contributed by atoms with Crippen molar-refractivity contribution in [3.8, 4) is 28.5 Å². The number of fused-ring (bicyclic) bond motifs is 1. The fourth-order valence-corrected chi connectivity index (χ4v) is 3.53. The molecule has 0 bridgehead atoms. The lowest BCUT2D eigenvalue weighted by atomic mass is 10.0. The normalized spacial score (nSPS) is 10.6. The molecule has 0 atom stereocenters. The zero-order valence-corrected chi connectivity index (χ0v) is 18.1. The third-order valence-corrected chi connectivity index (χ3v) is 5.14. The van der Waals surface area contributed by atoms with Crippen molar-refractivity contribution in [2.24, 2.45) is 0 Å². The molecule has 162 valence electrons. The Balaban J connectivity index is 1.68. The molecule has 0 saturated carbocycles. The molecule has 2 aromatic carbocycles. The maximum absolute atomic E-state index is 13.2. The van der Waals surface area contributed by atoms with Gasteiger partial charge in [-0.2, -0.15) is 0 Å². The summed E-state index contributed by atoms with van der Waals surface area (Å²) in [5, 5.41) is 3.77. The topological polar surface area (TPSA) is 82.6 Å². The Kier molecular flexibility index (Phi) is 6.17. The molecule has 0 aliphatic heterocycles. The van der Waals surface area contributed by atoms with Crippen LogP contribution in [0.1, 0.15) is 15.9 Å². The highest BCUT2D eigenvalue weighted by Gasteiger charge is 2.16. The number of nitrogens with zero attached hydrogens (tertiary/aromatic N) is 2. The van der Waals surface area contributed by atoms with Crippen LogP contribution in [0.5, 0.6) is 17.2 Å². The first kappa shape index (κ1) is 21.1. The minimum Gasteiger partial charge on any atom is -0.496 e. The van der Waals surface area contributed by atoms with Gasteiger partial charge in [0.25, 0.3) is 5.91 Å². The van der Waals surface area contributed by atoms with Gasteiger partial charge >= 0.3 is 0 Å². The van der Waals surface area contributed by atoms with Crippen molar-refractivity contribution >= 4 is 16.8 Å². The SMILES string of the molecule is COc1cc(OC)c(OC)cc1CNC(=O)c1cc(-c2cccnc2)nc2ccccc12. The lowest BCUT2D eigenvalue weighted by Gasteiger charge is -2.15. The molecule has 2 aromatic heterocycles. The van der Waals surface area contributed by atoms with Gasteiger partial charge in [0.05, 0.1) is 38.1 Å². The van der Waals surface area contributed by atoms with Crippen LogP contribution in [0.3, 0.4) is 0 Å². The lowest BCUT2D eigenvalue weighted by molar-refractivity contribution is 0.0952. The number of pyridine rings is 2. The molecular formula is C25H23N3O4. The van der Waals surface area contributed by atoms with Crippen LogP contribution in [-0.2, 0) is 6.54 Å². The Bertz CT molecular complexity index is 1260. The summed E-state index contributed by atoms with van der Waals surface area (Å²) in [7, 11) is 4.70. The predicted octanol–water partition coefficient (Wildman–Crippen LogP) is 4.25. The first-order valence-electron chi connectivity index (χ1n) is 10.0. The molecule has 0 spiro atoms. The van der Waals surface area contributed by atoms with Crippen molar-refractivity contribution in [1.29, 1.82) is 0 Å².